The highest BCUT2D eigenvalue weighted by atomic mass is 79.9. The van der Waals surface area contributed by atoms with Gasteiger partial charge in [-0.05, 0) is 30.4 Å². The second kappa shape index (κ2) is 5.83. The van der Waals surface area contributed by atoms with Gasteiger partial charge in [-0.1, -0.05) is 53.9 Å². The molecule has 1 aromatic rings. The van der Waals surface area contributed by atoms with Crippen molar-refractivity contribution in [2.45, 2.75) is 45.2 Å². The maximum absolute atomic E-state index is 3.67. The van der Waals surface area contributed by atoms with Crippen LogP contribution in [0.5, 0.6) is 0 Å². The Bertz CT molecular complexity index is 333. The summed E-state index contributed by atoms with van der Waals surface area (Å²) in [5, 5.41) is 3.67. The van der Waals surface area contributed by atoms with Crippen molar-refractivity contribution in [3.8, 4) is 0 Å². The Morgan fingerprint density at radius 1 is 1.38 bits per heavy atom. The maximum atomic E-state index is 3.67. The molecule has 0 saturated heterocycles. The van der Waals surface area contributed by atoms with Gasteiger partial charge in [-0.15, -0.1) is 0 Å². The van der Waals surface area contributed by atoms with Crippen molar-refractivity contribution in [1.29, 1.82) is 0 Å². The highest BCUT2D eigenvalue weighted by Crippen LogP contribution is 2.34. The lowest BCUT2D eigenvalue weighted by Gasteiger charge is -2.17. The number of halogens is 1. The third kappa shape index (κ3) is 3.60. The first-order valence-corrected chi connectivity index (χ1v) is 7.05. The van der Waals surface area contributed by atoms with Crippen LogP contribution in [0.15, 0.2) is 28.7 Å². The van der Waals surface area contributed by atoms with Gasteiger partial charge >= 0.3 is 0 Å². The van der Waals surface area contributed by atoms with E-state index >= 15 is 0 Å². The lowest BCUT2D eigenvalue weighted by atomic mass is 10.1. The molecule has 1 aromatic carbocycles. The van der Waals surface area contributed by atoms with E-state index in [9.17, 15) is 0 Å². The fourth-order valence-corrected chi connectivity index (χ4v) is 2.47. The zero-order valence-corrected chi connectivity index (χ0v) is 11.5. The molecule has 16 heavy (non-hydrogen) atoms. The normalized spacial score (nSPS) is 17.4. The minimum absolute atomic E-state index is 0.694. The number of nitrogens with one attached hydrogen (secondary N) is 1. The highest BCUT2D eigenvalue weighted by Gasteiger charge is 2.24. The molecule has 1 unspecified atom stereocenters. The summed E-state index contributed by atoms with van der Waals surface area (Å²) in [5.41, 5.74) is 1.36. The first-order chi connectivity index (χ1) is 7.79. The molecule has 1 atom stereocenters. The Kier molecular flexibility index (Phi) is 4.42. The van der Waals surface area contributed by atoms with E-state index < -0.39 is 0 Å². The zero-order chi connectivity index (χ0) is 11.4. The van der Waals surface area contributed by atoms with Gasteiger partial charge in [0.15, 0.2) is 0 Å². The Morgan fingerprint density at radius 2 is 2.12 bits per heavy atom. The van der Waals surface area contributed by atoms with Crippen LogP contribution in [0.25, 0.3) is 0 Å². The fourth-order valence-electron chi connectivity index (χ4n) is 2.05. The summed E-state index contributed by atoms with van der Waals surface area (Å²) in [4.78, 5) is 0. The molecule has 1 N–H and O–H groups in total. The molecule has 2 heteroatoms. The van der Waals surface area contributed by atoms with Crippen LogP contribution < -0.4 is 5.32 Å². The van der Waals surface area contributed by atoms with Gasteiger partial charge in [0.25, 0.3) is 0 Å². The summed E-state index contributed by atoms with van der Waals surface area (Å²) in [5.74, 6) is 1.01. The average Bonchev–Trinajstić information content (AvgIpc) is 3.10. The SMILES string of the molecule is CCC(CC1CC1)NCc1ccccc1Br. The largest absolute Gasteiger partial charge is 0.310 e. The van der Waals surface area contributed by atoms with Gasteiger partial charge in [0.2, 0.25) is 0 Å². The predicted octanol–water partition coefficient (Wildman–Crippen LogP) is 4.12. The molecule has 1 aliphatic rings. The Morgan fingerprint density at radius 3 is 2.75 bits per heavy atom. The Labute approximate surface area is 107 Å². The van der Waals surface area contributed by atoms with Crippen LogP contribution >= 0.6 is 15.9 Å². The van der Waals surface area contributed by atoms with Crippen LogP contribution in [0.1, 0.15) is 38.2 Å². The van der Waals surface area contributed by atoms with Gasteiger partial charge in [-0.2, -0.15) is 0 Å². The topological polar surface area (TPSA) is 12.0 Å². The molecule has 1 saturated carbocycles. The Balaban J connectivity index is 1.82. The van der Waals surface area contributed by atoms with E-state index in [2.05, 4.69) is 52.4 Å². The van der Waals surface area contributed by atoms with Gasteiger partial charge in [0, 0.05) is 17.1 Å². The van der Waals surface area contributed by atoms with E-state index in [1.807, 2.05) is 0 Å². The molecule has 0 amide bonds. The third-order valence-corrected chi connectivity index (χ3v) is 4.12. The van der Waals surface area contributed by atoms with E-state index in [1.165, 1.54) is 35.7 Å². The number of hydrogen-bond acceptors (Lipinski definition) is 1. The molecule has 0 aliphatic heterocycles. The predicted molar refractivity (Wildman–Crippen MR) is 72.4 cm³/mol. The van der Waals surface area contributed by atoms with E-state index in [0.29, 0.717) is 6.04 Å². The molecule has 0 radical (unpaired) electrons. The molecule has 0 spiro atoms. The monoisotopic (exact) mass is 281 g/mol. The van der Waals surface area contributed by atoms with Crippen LogP contribution in [0, 0.1) is 5.92 Å². The van der Waals surface area contributed by atoms with Crippen molar-refractivity contribution in [1.82, 2.24) is 5.32 Å². The molecule has 0 bridgehead atoms. The summed E-state index contributed by atoms with van der Waals surface area (Å²) in [7, 11) is 0. The van der Waals surface area contributed by atoms with Crippen LogP contribution in [0.2, 0.25) is 0 Å². The molecule has 88 valence electrons. The summed E-state index contributed by atoms with van der Waals surface area (Å²) >= 11 is 3.59. The van der Waals surface area contributed by atoms with Crippen LogP contribution in [-0.4, -0.2) is 6.04 Å². The molecular weight excluding hydrogens is 262 g/mol. The van der Waals surface area contributed by atoms with Gasteiger partial charge in [0.1, 0.15) is 0 Å². The van der Waals surface area contributed by atoms with Gasteiger partial charge in [-0.3, -0.25) is 0 Å². The standard InChI is InChI=1S/C14H20BrN/c1-2-13(9-11-7-8-11)16-10-12-5-3-4-6-14(12)15/h3-6,11,13,16H,2,7-10H2,1H3. The second-order valence-corrected chi connectivity index (χ2v) is 5.61. The number of hydrogen-bond donors (Lipinski definition) is 1. The lowest BCUT2D eigenvalue weighted by Crippen LogP contribution is -2.28. The zero-order valence-electron chi connectivity index (χ0n) is 9.88. The minimum Gasteiger partial charge on any atom is -0.310 e. The minimum atomic E-state index is 0.694. The molecule has 1 fully saturated rings. The van der Waals surface area contributed by atoms with Crippen molar-refractivity contribution in [2.24, 2.45) is 5.92 Å². The first-order valence-electron chi connectivity index (χ1n) is 6.26. The van der Waals surface area contributed by atoms with E-state index in [1.54, 1.807) is 0 Å². The summed E-state index contributed by atoms with van der Waals surface area (Å²) < 4.78 is 1.21. The molecular formula is C14H20BrN. The first kappa shape index (κ1) is 12.1. The number of benzene rings is 1. The van der Waals surface area contributed by atoms with Gasteiger partial charge < -0.3 is 5.32 Å². The smallest absolute Gasteiger partial charge is 0.0220 e. The maximum Gasteiger partial charge on any atom is 0.0220 e. The molecule has 1 aliphatic carbocycles. The fraction of sp³-hybridized carbons (Fsp3) is 0.571. The quantitative estimate of drug-likeness (QED) is 0.827. The molecule has 0 aromatic heterocycles. The van der Waals surface area contributed by atoms with Crippen molar-refractivity contribution >= 4 is 15.9 Å². The molecule has 0 heterocycles. The summed E-state index contributed by atoms with van der Waals surface area (Å²) in [6.07, 6.45) is 5.50. The van der Waals surface area contributed by atoms with E-state index in [0.717, 1.165) is 12.5 Å². The van der Waals surface area contributed by atoms with Crippen molar-refractivity contribution in [2.75, 3.05) is 0 Å². The van der Waals surface area contributed by atoms with Crippen LogP contribution in [0.4, 0.5) is 0 Å². The van der Waals surface area contributed by atoms with Gasteiger partial charge in [0.05, 0.1) is 0 Å². The molecule has 2 rings (SSSR count). The van der Waals surface area contributed by atoms with E-state index in [-0.39, 0.29) is 0 Å². The lowest BCUT2D eigenvalue weighted by molar-refractivity contribution is 0.444. The average molecular weight is 282 g/mol. The Hall–Kier alpha value is -0.340. The van der Waals surface area contributed by atoms with Crippen molar-refractivity contribution in [3.05, 3.63) is 34.3 Å². The summed E-state index contributed by atoms with van der Waals surface area (Å²) in [6.45, 7) is 3.26. The van der Waals surface area contributed by atoms with Crippen LogP contribution in [-0.2, 0) is 6.54 Å². The second-order valence-electron chi connectivity index (χ2n) is 4.76. The van der Waals surface area contributed by atoms with Crippen LogP contribution in [0.3, 0.4) is 0 Å². The molecule has 1 nitrogen and oxygen atoms in total. The third-order valence-electron chi connectivity index (χ3n) is 3.35. The van der Waals surface area contributed by atoms with Gasteiger partial charge in [-0.25, -0.2) is 0 Å². The van der Waals surface area contributed by atoms with E-state index in [4.69, 9.17) is 0 Å². The van der Waals surface area contributed by atoms with Crippen molar-refractivity contribution < 1.29 is 0 Å². The number of rotatable bonds is 6. The highest BCUT2D eigenvalue weighted by molar-refractivity contribution is 9.10. The summed E-state index contributed by atoms with van der Waals surface area (Å²) in [6, 6.07) is 9.15. The van der Waals surface area contributed by atoms with Crippen molar-refractivity contribution in [3.63, 3.8) is 0 Å².